The highest BCUT2D eigenvalue weighted by Crippen LogP contribution is 2.42. The largest absolute Gasteiger partial charge is 0.491 e. The van der Waals surface area contributed by atoms with E-state index in [-0.39, 0.29) is 34.7 Å². The maximum Gasteiger partial charge on any atom is 0.424 e. The van der Waals surface area contributed by atoms with Crippen molar-refractivity contribution in [2.75, 3.05) is 13.2 Å². The van der Waals surface area contributed by atoms with Crippen molar-refractivity contribution in [3.05, 3.63) is 77.4 Å². The van der Waals surface area contributed by atoms with Gasteiger partial charge < -0.3 is 20.9 Å². The molecule has 0 aliphatic heterocycles. The summed E-state index contributed by atoms with van der Waals surface area (Å²) in [6, 6.07) is 10.00. The second kappa shape index (κ2) is 10.9. The topological polar surface area (TPSA) is 132 Å². The normalized spacial score (nSPS) is 13.2. The molecular weight excluding hydrogens is 534 g/mol. The van der Waals surface area contributed by atoms with E-state index in [2.05, 4.69) is 15.4 Å². The number of amides is 2. The van der Waals surface area contributed by atoms with Crippen LogP contribution in [-0.4, -0.2) is 51.0 Å². The Morgan fingerprint density at radius 3 is 2.45 bits per heavy atom. The van der Waals surface area contributed by atoms with Crippen LogP contribution in [0.3, 0.4) is 0 Å². The predicted octanol–water partition coefficient (Wildman–Crippen LogP) is 3.38. The number of ether oxygens (including phenoxy) is 1. The minimum atomic E-state index is -5.32. The zero-order valence-electron chi connectivity index (χ0n) is 21.4. The van der Waals surface area contributed by atoms with Gasteiger partial charge in [-0.15, -0.1) is 0 Å². The molecule has 2 aromatic carbocycles. The van der Waals surface area contributed by atoms with E-state index in [1.54, 1.807) is 26.2 Å². The minimum Gasteiger partial charge on any atom is -0.491 e. The molecule has 0 radical (unpaired) electrons. The third-order valence-electron chi connectivity index (χ3n) is 6.23. The summed E-state index contributed by atoms with van der Waals surface area (Å²) in [6.45, 7) is 0.362. The lowest BCUT2D eigenvalue weighted by Crippen LogP contribution is -2.51. The first-order valence-corrected chi connectivity index (χ1v) is 12.0. The molecule has 13 heteroatoms. The molecule has 4 rings (SSSR count). The van der Waals surface area contributed by atoms with Crippen LogP contribution >= 0.6 is 0 Å². The molecule has 40 heavy (non-hydrogen) atoms. The van der Waals surface area contributed by atoms with Crippen LogP contribution in [-0.2, 0) is 23.9 Å². The summed E-state index contributed by atoms with van der Waals surface area (Å²) < 4.78 is 64.1. The SMILES string of the molecule is CCOc1c(CC(N)=O)cc([C@@](O)(CNC(=O)c2ccc3cnn(C)c3c2)C(F)(F)F)nc1-c1ccc(F)cc1. The predicted molar refractivity (Wildman–Crippen MR) is 137 cm³/mol. The summed E-state index contributed by atoms with van der Waals surface area (Å²) in [5.74, 6) is -2.41. The zero-order valence-corrected chi connectivity index (χ0v) is 21.4. The molecule has 0 bridgehead atoms. The molecule has 4 aromatic rings. The molecule has 2 heterocycles. The van der Waals surface area contributed by atoms with E-state index in [1.807, 2.05) is 0 Å². The number of rotatable bonds is 9. The van der Waals surface area contributed by atoms with Gasteiger partial charge in [0, 0.05) is 29.1 Å². The first-order valence-electron chi connectivity index (χ1n) is 12.0. The number of hydrogen-bond donors (Lipinski definition) is 3. The molecule has 0 fully saturated rings. The fourth-order valence-corrected chi connectivity index (χ4v) is 4.16. The number of halogens is 4. The van der Waals surface area contributed by atoms with Crippen molar-refractivity contribution in [1.82, 2.24) is 20.1 Å². The van der Waals surface area contributed by atoms with Gasteiger partial charge in [0.05, 0.1) is 37.0 Å². The zero-order chi connectivity index (χ0) is 29.2. The van der Waals surface area contributed by atoms with Crippen molar-refractivity contribution >= 4 is 22.7 Å². The first-order chi connectivity index (χ1) is 18.8. The van der Waals surface area contributed by atoms with E-state index >= 15 is 0 Å². The van der Waals surface area contributed by atoms with Gasteiger partial charge in [-0.3, -0.25) is 14.3 Å². The Labute approximate surface area is 225 Å². The van der Waals surface area contributed by atoms with E-state index in [1.165, 1.54) is 28.9 Å². The molecule has 0 unspecified atom stereocenters. The highest BCUT2D eigenvalue weighted by atomic mass is 19.4. The van der Waals surface area contributed by atoms with Crippen LogP contribution in [0.4, 0.5) is 17.6 Å². The fourth-order valence-electron chi connectivity index (χ4n) is 4.16. The molecule has 4 N–H and O–H groups in total. The lowest BCUT2D eigenvalue weighted by Gasteiger charge is -2.31. The van der Waals surface area contributed by atoms with Gasteiger partial charge in [-0.1, -0.05) is 6.07 Å². The smallest absolute Gasteiger partial charge is 0.424 e. The lowest BCUT2D eigenvalue weighted by atomic mass is 9.93. The van der Waals surface area contributed by atoms with Crippen molar-refractivity contribution in [2.24, 2.45) is 12.8 Å². The summed E-state index contributed by atoms with van der Waals surface area (Å²) in [7, 11) is 1.65. The average molecular weight is 560 g/mol. The number of carbonyl (C=O) groups is 2. The third-order valence-corrected chi connectivity index (χ3v) is 6.23. The Kier molecular flexibility index (Phi) is 7.78. The van der Waals surface area contributed by atoms with E-state index in [0.717, 1.165) is 23.6 Å². The Balaban J connectivity index is 1.79. The van der Waals surface area contributed by atoms with E-state index in [0.29, 0.717) is 5.52 Å². The van der Waals surface area contributed by atoms with Crippen molar-refractivity contribution < 1.29 is 37.0 Å². The number of aryl methyl sites for hydroxylation is 1. The molecule has 0 saturated carbocycles. The highest BCUT2D eigenvalue weighted by Gasteiger charge is 2.56. The van der Waals surface area contributed by atoms with Gasteiger partial charge in [0.25, 0.3) is 5.91 Å². The van der Waals surface area contributed by atoms with Gasteiger partial charge in [-0.2, -0.15) is 18.3 Å². The second-order valence-electron chi connectivity index (χ2n) is 9.01. The Hall–Kier alpha value is -4.52. The fraction of sp³-hybridized carbons (Fsp3) is 0.259. The van der Waals surface area contributed by atoms with Crippen molar-refractivity contribution in [1.29, 1.82) is 0 Å². The van der Waals surface area contributed by atoms with Crippen LogP contribution in [0, 0.1) is 5.82 Å². The summed E-state index contributed by atoms with van der Waals surface area (Å²) in [5.41, 5.74) is 1.26. The lowest BCUT2D eigenvalue weighted by molar-refractivity contribution is -0.265. The maximum atomic E-state index is 14.5. The third kappa shape index (κ3) is 5.59. The average Bonchev–Trinajstić information content (AvgIpc) is 3.27. The van der Waals surface area contributed by atoms with E-state index in [4.69, 9.17) is 10.5 Å². The van der Waals surface area contributed by atoms with Crippen LogP contribution in [0.15, 0.2) is 54.7 Å². The molecule has 2 aromatic heterocycles. The van der Waals surface area contributed by atoms with Gasteiger partial charge >= 0.3 is 6.18 Å². The number of nitrogens with one attached hydrogen (secondary N) is 1. The number of carbonyl (C=O) groups excluding carboxylic acids is 2. The number of aliphatic hydroxyl groups is 1. The minimum absolute atomic E-state index is 0.0432. The first kappa shape index (κ1) is 28.5. The number of nitrogens with zero attached hydrogens (tertiary/aromatic N) is 3. The summed E-state index contributed by atoms with van der Waals surface area (Å²) in [4.78, 5) is 28.7. The number of fused-ring (bicyclic) bond motifs is 1. The number of nitrogens with two attached hydrogens (primary N) is 1. The molecule has 210 valence electrons. The second-order valence-corrected chi connectivity index (χ2v) is 9.01. The Morgan fingerprint density at radius 1 is 1.12 bits per heavy atom. The number of alkyl halides is 3. The van der Waals surface area contributed by atoms with Gasteiger partial charge in [-0.25, -0.2) is 9.37 Å². The number of primary amides is 1. The number of hydrogen-bond acceptors (Lipinski definition) is 6. The van der Waals surface area contributed by atoms with Gasteiger partial charge in [0.1, 0.15) is 17.3 Å². The van der Waals surface area contributed by atoms with Crippen molar-refractivity contribution in [2.45, 2.75) is 25.1 Å². The highest BCUT2D eigenvalue weighted by molar-refractivity contribution is 5.97. The number of aromatic nitrogens is 3. The molecule has 0 spiro atoms. The van der Waals surface area contributed by atoms with Crippen LogP contribution in [0.25, 0.3) is 22.2 Å². The van der Waals surface area contributed by atoms with Crippen LogP contribution < -0.4 is 15.8 Å². The molecule has 2 amide bonds. The van der Waals surface area contributed by atoms with Crippen LogP contribution in [0.1, 0.15) is 28.5 Å². The molecule has 0 aliphatic rings. The molecule has 9 nitrogen and oxygen atoms in total. The molecule has 0 saturated heterocycles. The number of pyridine rings is 1. The van der Waals surface area contributed by atoms with Crippen molar-refractivity contribution in [3.63, 3.8) is 0 Å². The summed E-state index contributed by atoms with van der Waals surface area (Å²) in [5, 5.41) is 18.0. The Morgan fingerprint density at radius 2 is 1.82 bits per heavy atom. The van der Waals surface area contributed by atoms with Crippen LogP contribution in [0.5, 0.6) is 5.75 Å². The maximum absolute atomic E-state index is 14.5. The summed E-state index contributed by atoms with van der Waals surface area (Å²) >= 11 is 0. The van der Waals surface area contributed by atoms with E-state index < -0.39 is 48.1 Å². The standard InChI is InChI=1S/C27H25F4N5O4/c1-3-40-24-18(12-22(32)37)11-21(35-23(24)15-6-8-19(28)9-7-15)26(39,27(29,30)31)14-33-25(38)16-4-5-17-13-34-36(2)20(17)10-16/h4-11,13,39H,3,12,14H2,1-2H3,(H2,32,37)(H,33,38)/t26-/m0/s1. The number of benzene rings is 2. The Bertz CT molecular complexity index is 1570. The summed E-state index contributed by atoms with van der Waals surface area (Å²) in [6.07, 6.45) is -4.29. The molecule has 1 atom stereocenters. The van der Waals surface area contributed by atoms with Crippen molar-refractivity contribution in [3.8, 4) is 17.0 Å². The monoisotopic (exact) mass is 559 g/mol. The van der Waals surface area contributed by atoms with Gasteiger partial charge in [-0.05, 0) is 49.4 Å². The quantitative estimate of drug-likeness (QED) is 0.270. The van der Waals surface area contributed by atoms with E-state index in [9.17, 15) is 32.3 Å². The van der Waals surface area contributed by atoms with Gasteiger partial charge in [0.15, 0.2) is 0 Å². The molecular formula is C27H25F4N5O4. The van der Waals surface area contributed by atoms with Gasteiger partial charge in [0.2, 0.25) is 11.5 Å². The van der Waals surface area contributed by atoms with Crippen LogP contribution in [0.2, 0.25) is 0 Å². The molecule has 0 aliphatic carbocycles.